The molecule has 0 saturated heterocycles. The minimum atomic E-state index is -0.644. The summed E-state index contributed by atoms with van der Waals surface area (Å²) in [6.07, 6.45) is 0. The fraction of sp³-hybridized carbons (Fsp3) is 0.0769. The third-order valence-electron chi connectivity index (χ3n) is 2.32. The molecule has 0 aliphatic heterocycles. The summed E-state index contributed by atoms with van der Waals surface area (Å²) >= 11 is 11.3. The van der Waals surface area contributed by atoms with E-state index in [9.17, 15) is 9.18 Å². The molecule has 2 rings (SSSR count). The highest BCUT2D eigenvalue weighted by molar-refractivity contribution is 6.32. The smallest absolute Gasteiger partial charge is 0.338 e. The zero-order valence-corrected chi connectivity index (χ0v) is 11.1. The number of nitrogens with zero attached hydrogens (tertiary/aromatic N) is 1. The van der Waals surface area contributed by atoms with Crippen LogP contribution < -0.4 is 0 Å². The Hall–Kier alpha value is -1.65. The van der Waals surface area contributed by atoms with Crippen molar-refractivity contribution < 1.29 is 13.9 Å². The van der Waals surface area contributed by atoms with E-state index in [0.29, 0.717) is 5.56 Å². The number of hydrogen-bond donors (Lipinski definition) is 0. The molecule has 0 fully saturated rings. The maximum absolute atomic E-state index is 13.3. The van der Waals surface area contributed by atoms with Crippen molar-refractivity contribution in [1.29, 1.82) is 0 Å². The topological polar surface area (TPSA) is 39.2 Å². The number of hydrogen-bond acceptors (Lipinski definition) is 3. The van der Waals surface area contributed by atoms with Crippen LogP contribution in [-0.4, -0.2) is 11.0 Å². The first-order valence-corrected chi connectivity index (χ1v) is 6.05. The van der Waals surface area contributed by atoms with Gasteiger partial charge in [-0.15, -0.1) is 0 Å². The molecule has 1 aromatic heterocycles. The van der Waals surface area contributed by atoms with Crippen LogP contribution in [-0.2, 0) is 11.3 Å². The van der Waals surface area contributed by atoms with E-state index >= 15 is 0 Å². The van der Waals surface area contributed by atoms with Gasteiger partial charge < -0.3 is 4.74 Å². The minimum absolute atomic E-state index is 0.0883. The molecule has 1 aromatic carbocycles. The van der Waals surface area contributed by atoms with Crippen LogP contribution in [0.2, 0.25) is 10.3 Å². The van der Waals surface area contributed by atoms with Gasteiger partial charge in [0.2, 0.25) is 0 Å². The number of carbonyl (C=O) groups excluding carboxylic acids is 1. The van der Waals surface area contributed by atoms with Gasteiger partial charge in [-0.2, -0.15) is 0 Å². The van der Waals surface area contributed by atoms with E-state index < -0.39 is 11.8 Å². The summed E-state index contributed by atoms with van der Waals surface area (Å²) in [5.41, 5.74) is 0.462. The molecular formula is C13H8Cl2FNO2. The van der Waals surface area contributed by atoms with Crippen molar-refractivity contribution in [2.24, 2.45) is 0 Å². The van der Waals surface area contributed by atoms with Gasteiger partial charge in [0, 0.05) is 5.56 Å². The molecule has 0 saturated carbocycles. The predicted octanol–water partition coefficient (Wildman–Crippen LogP) is 3.88. The van der Waals surface area contributed by atoms with Crippen LogP contribution in [0.15, 0.2) is 36.4 Å². The summed E-state index contributed by atoms with van der Waals surface area (Å²) in [6.45, 7) is -0.164. The molecule has 6 heteroatoms. The predicted molar refractivity (Wildman–Crippen MR) is 69.8 cm³/mol. The molecule has 1 heterocycles. The van der Waals surface area contributed by atoms with Crippen LogP contribution in [0.1, 0.15) is 15.9 Å². The van der Waals surface area contributed by atoms with Crippen LogP contribution in [0.4, 0.5) is 4.39 Å². The van der Waals surface area contributed by atoms with Crippen LogP contribution >= 0.6 is 23.2 Å². The van der Waals surface area contributed by atoms with Crippen molar-refractivity contribution in [3.8, 4) is 0 Å². The number of esters is 1. The lowest BCUT2D eigenvalue weighted by Gasteiger charge is -2.06. The van der Waals surface area contributed by atoms with E-state index in [0.717, 1.165) is 0 Å². The number of carbonyl (C=O) groups is 1. The Bertz CT molecular complexity index is 599. The van der Waals surface area contributed by atoms with Gasteiger partial charge in [-0.05, 0) is 18.2 Å². The second-order valence-corrected chi connectivity index (χ2v) is 4.44. The fourth-order valence-corrected chi connectivity index (χ4v) is 1.89. The first-order valence-electron chi connectivity index (χ1n) is 5.30. The highest BCUT2D eigenvalue weighted by Crippen LogP contribution is 2.16. The van der Waals surface area contributed by atoms with E-state index in [-0.39, 0.29) is 22.5 Å². The molecule has 19 heavy (non-hydrogen) atoms. The maximum atomic E-state index is 13.3. The van der Waals surface area contributed by atoms with E-state index in [1.54, 1.807) is 12.1 Å². The molecular weight excluding hydrogens is 292 g/mol. The normalized spacial score (nSPS) is 10.3. The number of aromatic nitrogens is 1. The van der Waals surface area contributed by atoms with Gasteiger partial charge in [0.1, 0.15) is 22.7 Å². The first kappa shape index (κ1) is 13.8. The van der Waals surface area contributed by atoms with Crippen LogP contribution in [0.25, 0.3) is 0 Å². The lowest BCUT2D eigenvalue weighted by atomic mass is 10.2. The highest BCUT2D eigenvalue weighted by Gasteiger charge is 2.11. The average Bonchev–Trinajstić information content (AvgIpc) is 2.36. The number of benzene rings is 1. The Kier molecular flexibility index (Phi) is 4.35. The maximum Gasteiger partial charge on any atom is 0.338 e. The van der Waals surface area contributed by atoms with Crippen molar-refractivity contribution in [2.75, 3.05) is 0 Å². The molecule has 0 unspecified atom stereocenters. The zero-order valence-electron chi connectivity index (χ0n) is 9.57. The number of rotatable bonds is 3. The number of halogens is 3. The second kappa shape index (κ2) is 5.99. The monoisotopic (exact) mass is 299 g/mol. The van der Waals surface area contributed by atoms with Gasteiger partial charge in [0.05, 0.1) is 5.56 Å². The molecule has 0 radical (unpaired) electrons. The molecule has 0 amide bonds. The lowest BCUT2D eigenvalue weighted by Crippen LogP contribution is -2.06. The van der Waals surface area contributed by atoms with E-state index in [4.69, 9.17) is 27.9 Å². The van der Waals surface area contributed by atoms with Gasteiger partial charge in [-0.25, -0.2) is 14.2 Å². The summed E-state index contributed by atoms with van der Waals surface area (Å²) in [5, 5.41) is 0.177. The van der Waals surface area contributed by atoms with Gasteiger partial charge >= 0.3 is 5.97 Å². The van der Waals surface area contributed by atoms with Crippen molar-refractivity contribution >= 4 is 29.2 Å². The third kappa shape index (κ3) is 3.66. The van der Waals surface area contributed by atoms with E-state index in [2.05, 4.69) is 4.98 Å². The van der Waals surface area contributed by atoms with Crippen molar-refractivity contribution in [1.82, 2.24) is 4.98 Å². The van der Waals surface area contributed by atoms with Crippen molar-refractivity contribution in [2.45, 2.75) is 6.61 Å². The largest absolute Gasteiger partial charge is 0.457 e. The molecule has 0 atom stereocenters. The number of pyridine rings is 1. The Balaban J connectivity index is 2.08. The Morgan fingerprint density at radius 2 is 1.84 bits per heavy atom. The van der Waals surface area contributed by atoms with Gasteiger partial charge in [-0.1, -0.05) is 41.4 Å². The molecule has 98 valence electrons. The highest BCUT2D eigenvalue weighted by atomic mass is 35.5. The van der Waals surface area contributed by atoms with Crippen LogP contribution in [0, 0.1) is 5.82 Å². The van der Waals surface area contributed by atoms with E-state index in [1.807, 2.05) is 0 Å². The van der Waals surface area contributed by atoms with Gasteiger partial charge in [-0.3, -0.25) is 0 Å². The fourth-order valence-electron chi connectivity index (χ4n) is 1.42. The summed E-state index contributed by atoms with van der Waals surface area (Å²) in [7, 11) is 0. The standard InChI is InChI=1S/C13H8Cl2FNO2/c14-11-5-9(6-12(15)17-11)13(18)19-7-8-3-1-2-4-10(8)16/h1-6H,7H2. The molecule has 0 N–H and O–H groups in total. The number of ether oxygens (including phenoxy) is 1. The van der Waals surface area contributed by atoms with Crippen LogP contribution in [0.5, 0.6) is 0 Å². The summed E-state index contributed by atoms with van der Waals surface area (Å²) < 4.78 is 18.3. The third-order valence-corrected chi connectivity index (χ3v) is 2.70. The average molecular weight is 300 g/mol. The molecule has 0 spiro atoms. The van der Waals surface area contributed by atoms with Crippen LogP contribution in [0.3, 0.4) is 0 Å². The first-order chi connectivity index (χ1) is 9.06. The summed E-state index contributed by atoms with van der Waals surface area (Å²) in [4.78, 5) is 15.5. The van der Waals surface area contributed by atoms with E-state index in [1.165, 1.54) is 24.3 Å². The van der Waals surface area contributed by atoms with Gasteiger partial charge in [0.15, 0.2) is 0 Å². The van der Waals surface area contributed by atoms with Gasteiger partial charge in [0.25, 0.3) is 0 Å². The molecule has 0 bridgehead atoms. The van der Waals surface area contributed by atoms with Crippen molar-refractivity contribution in [3.63, 3.8) is 0 Å². The quantitative estimate of drug-likeness (QED) is 0.638. The zero-order chi connectivity index (χ0) is 13.8. The second-order valence-electron chi connectivity index (χ2n) is 3.67. The summed E-state index contributed by atoms with van der Waals surface area (Å²) in [5.74, 6) is -1.07. The lowest BCUT2D eigenvalue weighted by molar-refractivity contribution is 0.0469. The van der Waals surface area contributed by atoms with Crippen molar-refractivity contribution in [3.05, 3.63) is 63.6 Å². The molecule has 0 aliphatic carbocycles. The summed E-state index contributed by atoms with van der Waals surface area (Å²) in [6, 6.07) is 8.71. The Labute approximate surface area is 118 Å². The SMILES string of the molecule is O=C(OCc1ccccc1F)c1cc(Cl)nc(Cl)c1. The Morgan fingerprint density at radius 1 is 1.21 bits per heavy atom. The molecule has 0 aliphatic rings. The Morgan fingerprint density at radius 3 is 2.47 bits per heavy atom. The molecule has 3 nitrogen and oxygen atoms in total. The molecule has 2 aromatic rings. The minimum Gasteiger partial charge on any atom is -0.457 e.